The van der Waals surface area contributed by atoms with E-state index in [9.17, 15) is 4.79 Å². The van der Waals surface area contributed by atoms with E-state index < -0.39 is 0 Å². The fourth-order valence-corrected chi connectivity index (χ4v) is 5.42. The number of fused-ring (bicyclic) bond motifs is 1. The van der Waals surface area contributed by atoms with Crippen LogP contribution < -0.4 is 9.64 Å². The summed E-state index contributed by atoms with van der Waals surface area (Å²) < 4.78 is 8.37. The first-order valence-electron chi connectivity index (χ1n) is 13.6. The number of anilines is 1. The van der Waals surface area contributed by atoms with Crippen molar-refractivity contribution in [1.82, 2.24) is 9.55 Å². The minimum Gasteiger partial charge on any atom is -0.494 e. The average Bonchev–Trinajstić information content (AvgIpc) is 3.45. The van der Waals surface area contributed by atoms with Gasteiger partial charge >= 0.3 is 0 Å². The quantitative estimate of drug-likeness (QED) is 0.223. The van der Waals surface area contributed by atoms with Gasteiger partial charge < -0.3 is 14.2 Å². The van der Waals surface area contributed by atoms with Gasteiger partial charge in [0.05, 0.1) is 17.6 Å². The zero-order valence-corrected chi connectivity index (χ0v) is 22.2. The first-order chi connectivity index (χ1) is 18.0. The predicted octanol–water partition coefficient (Wildman–Crippen LogP) is 6.99. The Bertz CT molecular complexity index is 1350. The summed E-state index contributed by atoms with van der Waals surface area (Å²) >= 11 is 0. The van der Waals surface area contributed by atoms with Gasteiger partial charge in [-0.3, -0.25) is 4.79 Å². The Labute approximate surface area is 220 Å². The second-order valence-corrected chi connectivity index (χ2v) is 10.3. The number of rotatable bonds is 10. The lowest BCUT2D eigenvalue weighted by Crippen LogP contribution is -2.24. The predicted molar refractivity (Wildman–Crippen MR) is 151 cm³/mol. The lowest BCUT2D eigenvalue weighted by atomic mass is 10.1. The lowest BCUT2D eigenvalue weighted by Gasteiger charge is -2.18. The van der Waals surface area contributed by atoms with Gasteiger partial charge in [-0.1, -0.05) is 43.7 Å². The molecule has 2 heterocycles. The Hall–Kier alpha value is -3.60. The Morgan fingerprint density at radius 2 is 1.73 bits per heavy atom. The van der Waals surface area contributed by atoms with Crippen LogP contribution in [0.1, 0.15) is 61.0 Å². The van der Waals surface area contributed by atoms with Gasteiger partial charge in [0.15, 0.2) is 0 Å². The van der Waals surface area contributed by atoms with Gasteiger partial charge in [0.1, 0.15) is 11.6 Å². The van der Waals surface area contributed by atoms with Crippen molar-refractivity contribution in [3.63, 3.8) is 0 Å². The third kappa shape index (κ3) is 5.71. The van der Waals surface area contributed by atoms with E-state index in [0.717, 1.165) is 47.7 Å². The van der Waals surface area contributed by atoms with Crippen molar-refractivity contribution in [3.05, 3.63) is 89.2 Å². The number of imidazole rings is 1. The number of aromatic nitrogens is 2. The minimum atomic E-state index is 0.0695. The maximum absolute atomic E-state index is 13.1. The van der Waals surface area contributed by atoms with Gasteiger partial charge in [-0.05, 0) is 86.2 Å². The number of amides is 1. The summed E-state index contributed by atoms with van der Waals surface area (Å²) in [4.78, 5) is 20.0. The van der Waals surface area contributed by atoms with E-state index in [1.54, 1.807) is 0 Å². The normalized spacial score (nSPS) is 15.6. The average molecular weight is 496 g/mol. The molecule has 1 aliphatic rings. The van der Waals surface area contributed by atoms with Crippen molar-refractivity contribution >= 4 is 22.6 Å². The molecular weight excluding hydrogens is 458 g/mol. The van der Waals surface area contributed by atoms with Crippen LogP contribution >= 0.6 is 0 Å². The number of carbonyl (C=O) groups excluding carboxylic acids is 1. The summed E-state index contributed by atoms with van der Waals surface area (Å²) in [5.74, 6) is 2.16. The molecule has 5 heteroatoms. The highest BCUT2D eigenvalue weighted by Crippen LogP contribution is 2.33. The van der Waals surface area contributed by atoms with Crippen LogP contribution in [-0.4, -0.2) is 28.6 Å². The molecule has 1 saturated heterocycles. The molecule has 3 aromatic carbocycles. The molecule has 0 bridgehead atoms. The molecule has 1 unspecified atom stereocenters. The fourth-order valence-electron chi connectivity index (χ4n) is 5.42. The van der Waals surface area contributed by atoms with E-state index in [-0.39, 0.29) is 11.8 Å². The van der Waals surface area contributed by atoms with Crippen molar-refractivity contribution < 1.29 is 9.53 Å². The second kappa shape index (κ2) is 11.2. The minimum absolute atomic E-state index is 0.0695. The Morgan fingerprint density at radius 3 is 2.49 bits per heavy atom. The molecule has 0 spiro atoms. The second-order valence-electron chi connectivity index (χ2n) is 10.3. The van der Waals surface area contributed by atoms with E-state index in [1.165, 1.54) is 29.5 Å². The summed E-state index contributed by atoms with van der Waals surface area (Å²) in [6.45, 7) is 8.50. The van der Waals surface area contributed by atoms with Gasteiger partial charge in [-0.15, -0.1) is 0 Å². The molecule has 37 heavy (non-hydrogen) atoms. The van der Waals surface area contributed by atoms with Crippen LogP contribution in [0.2, 0.25) is 0 Å². The molecule has 192 valence electrons. The van der Waals surface area contributed by atoms with Crippen LogP contribution in [0.15, 0.2) is 66.7 Å². The summed E-state index contributed by atoms with van der Waals surface area (Å²) in [6.07, 6.45) is 4.82. The van der Waals surface area contributed by atoms with Crippen molar-refractivity contribution in [1.29, 1.82) is 0 Å². The van der Waals surface area contributed by atoms with E-state index in [2.05, 4.69) is 86.0 Å². The molecule has 0 saturated carbocycles. The molecule has 1 fully saturated rings. The van der Waals surface area contributed by atoms with E-state index in [0.29, 0.717) is 19.6 Å². The summed E-state index contributed by atoms with van der Waals surface area (Å²) in [5.41, 5.74) is 6.85. The fraction of sp³-hybridized carbons (Fsp3) is 0.375. The zero-order chi connectivity index (χ0) is 25.8. The van der Waals surface area contributed by atoms with E-state index >= 15 is 0 Å². The number of unbranched alkanes of at least 4 members (excludes halogenated alkanes) is 1. The SMILES string of the molecule is CCCCc1ccc(N2CC(c3nc4ccccc4n3CCCOc3cc(C)cc(C)c3)CC2=O)cc1. The number of hydrogen-bond donors (Lipinski definition) is 0. The van der Waals surface area contributed by atoms with Crippen molar-refractivity contribution in [2.75, 3.05) is 18.1 Å². The summed E-state index contributed by atoms with van der Waals surface area (Å²) in [5, 5.41) is 0. The molecule has 0 N–H and O–H groups in total. The number of carbonyl (C=O) groups is 1. The topological polar surface area (TPSA) is 47.4 Å². The maximum Gasteiger partial charge on any atom is 0.227 e. The third-order valence-electron chi connectivity index (χ3n) is 7.23. The van der Waals surface area contributed by atoms with E-state index in [1.807, 2.05) is 11.0 Å². The molecule has 1 atom stereocenters. The Kier molecular flexibility index (Phi) is 7.59. The first-order valence-corrected chi connectivity index (χ1v) is 13.6. The number of aryl methyl sites for hydroxylation is 4. The Balaban J connectivity index is 1.30. The molecule has 0 aliphatic carbocycles. The zero-order valence-electron chi connectivity index (χ0n) is 22.2. The number of hydrogen-bond acceptors (Lipinski definition) is 3. The van der Waals surface area contributed by atoms with Crippen LogP contribution in [0.4, 0.5) is 5.69 Å². The molecule has 5 nitrogen and oxygen atoms in total. The molecule has 1 amide bonds. The summed E-state index contributed by atoms with van der Waals surface area (Å²) in [7, 11) is 0. The third-order valence-corrected chi connectivity index (χ3v) is 7.23. The molecule has 0 radical (unpaired) electrons. The molecular formula is C32H37N3O2. The monoisotopic (exact) mass is 495 g/mol. The van der Waals surface area contributed by atoms with Crippen molar-refractivity contribution in [2.24, 2.45) is 0 Å². The number of ether oxygens (including phenoxy) is 1. The van der Waals surface area contributed by atoms with Crippen LogP contribution in [-0.2, 0) is 17.8 Å². The molecule has 4 aromatic rings. The van der Waals surface area contributed by atoms with Gasteiger partial charge in [0.25, 0.3) is 0 Å². The maximum atomic E-state index is 13.1. The van der Waals surface area contributed by atoms with Gasteiger partial charge in [0, 0.05) is 31.1 Å². The van der Waals surface area contributed by atoms with Crippen molar-refractivity contribution in [2.45, 2.75) is 65.3 Å². The van der Waals surface area contributed by atoms with E-state index in [4.69, 9.17) is 9.72 Å². The standard InChI is InChI=1S/C32H37N3O2/c1-4-5-9-25-12-14-27(15-13-25)35-22-26(21-31(35)36)32-33-29-10-6-7-11-30(29)34(32)16-8-17-37-28-19-23(2)18-24(3)20-28/h6-7,10-15,18-20,26H,4-5,8-9,16-17,21-22H2,1-3H3. The van der Waals surface area contributed by atoms with Crippen molar-refractivity contribution in [3.8, 4) is 5.75 Å². The highest BCUT2D eigenvalue weighted by Gasteiger charge is 2.34. The lowest BCUT2D eigenvalue weighted by molar-refractivity contribution is -0.117. The van der Waals surface area contributed by atoms with Gasteiger partial charge in [-0.2, -0.15) is 0 Å². The largest absolute Gasteiger partial charge is 0.494 e. The number of nitrogens with zero attached hydrogens (tertiary/aromatic N) is 3. The van der Waals surface area contributed by atoms with Crippen LogP contribution in [0.3, 0.4) is 0 Å². The van der Waals surface area contributed by atoms with Crippen LogP contribution in [0, 0.1) is 13.8 Å². The van der Waals surface area contributed by atoms with Crippen LogP contribution in [0.25, 0.3) is 11.0 Å². The van der Waals surface area contributed by atoms with Crippen LogP contribution in [0.5, 0.6) is 5.75 Å². The molecule has 1 aliphatic heterocycles. The first kappa shape index (κ1) is 25.1. The van der Waals surface area contributed by atoms with Gasteiger partial charge in [-0.25, -0.2) is 4.98 Å². The smallest absolute Gasteiger partial charge is 0.227 e. The highest BCUT2D eigenvalue weighted by molar-refractivity contribution is 5.96. The number of para-hydroxylation sites is 2. The summed E-state index contributed by atoms with van der Waals surface area (Å²) in [6, 6.07) is 23.1. The Morgan fingerprint density at radius 1 is 0.973 bits per heavy atom. The highest BCUT2D eigenvalue weighted by atomic mass is 16.5. The molecule has 1 aromatic heterocycles. The molecule has 5 rings (SSSR count). The van der Waals surface area contributed by atoms with Gasteiger partial charge in [0.2, 0.25) is 5.91 Å². The number of benzene rings is 3.